The molecule has 0 aromatic heterocycles. The first-order chi connectivity index (χ1) is 10.3. The van der Waals surface area contributed by atoms with Crippen LogP contribution in [0.15, 0.2) is 36.4 Å². The van der Waals surface area contributed by atoms with Crippen molar-refractivity contribution in [1.29, 1.82) is 0 Å². The molecule has 0 fully saturated rings. The number of hydrogen-bond donors (Lipinski definition) is 1. The van der Waals surface area contributed by atoms with Crippen LogP contribution in [-0.2, 0) is 13.0 Å². The summed E-state index contributed by atoms with van der Waals surface area (Å²) in [5.41, 5.74) is 4.80. The van der Waals surface area contributed by atoms with E-state index in [2.05, 4.69) is 48.6 Å². The number of rotatable bonds is 5. The second-order valence-corrected chi connectivity index (χ2v) is 5.81. The maximum Gasteiger partial charge on any atom is 0.122 e. The van der Waals surface area contributed by atoms with Crippen molar-refractivity contribution in [3.8, 4) is 16.9 Å². The lowest BCUT2D eigenvalue weighted by Gasteiger charge is -2.09. The average molecular weight is 302 g/mol. The van der Waals surface area contributed by atoms with Gasteiger partial charge in [-0.2, -0.15) is 0 Å². The fraction of sp³-hybridized carbons (Fsp3) is 0.333. The number of fused-ring (bicyclic) bond motifs is 1. The summed E-state index contributed by atoms with van der Waals surface area (Å²) in [6.45, 7) is 4.80. The minimum atomic E-state index is 0.793. The number of benzene rings is 2. The quantitative estimate of drug-likeness (QED) is 0.824. The first-order valence-electron chi connectivity index (χ1n) is 7.53. The molecule has 1 heterocycles. The van der Waals surface area contributed by atoms with Gasteiger partial charge in [-0.1, -0.05) is 36.7 Å². The van der Waals surface area contributed by atoms with Crippen LogP contribution in [0.2, 0.25) is 5.02 Å². The first kappa shape index (κ1) is 14.4. The third kappa shape index (κ3) is 3.22. The monoisotopic (exact) mass is 301 g/mol. The molecule has 0 radical (unpaired) electrons. The lowest BCUT2D eigenvalue weighted by Crippen LogP contribution is -2.13. The van der Waals surface area contributed by atoms with Gasteiger partial charge in [-0.3, -0.25) is 0 Å². The van der Waals surface area contributed by atoms with Crippen LogP contribution >= 0.6 is 11.6 Å². The van der Waals surface area contributed by atoms with Gasteiger partial charge in [-0.25, -0.2) is 0 Å². The fourth-order valence-corrected chi connectivity index (χ4v) is 2.88. The molecule has 1 N–H and O–H groups in total. The van der Waals surface area contributed by atoms with Gasteiger partial charge in [-0.05, 0) is 53.4 Å². The van der Waals surface area contributed by atoms with Crippen LogP contribution < -0.4 is 10.1 Å². The molecule has 21 heavy (non-hydrogen) atoms. The van der Waals surface area contributed by atoms with Crippen molar-refractivity contribution >= 4 is 11.6 Å². The molecule has 1 aliphatic rings. The Morgan fingerprint density at radius 1 is 1.14 bits per heavy atom. The van der Waals surface area contributed by atoms with Gasteiger partial charge in [0.25, 0.3) is 0 Å². The first-order valence-corrected chi connectivity index (χ1v) is 7.91. The Morgan fingerprint density at radius 2 is 1.95 bits per heavy atom. The Labute approximate surface area is 131 Å². The second kappa shape index (κ2) is 6.50. The van der Waals surface area contributed by atoms with Gasteiger partial charge < -0.3 is 10.1 Å². The van der Waals surface area contributed by atoms with Gasteiger partial charge in [0.1, 0.15) is 5.75 Å². The molecule has 0 spiro atoms. The van der Waals surface area contributed by atoms with E-state index < -0.39 is 0 Å². The number of ether oxygens (including phenoxy) is 1. The summed E-state index contributed by atoms with van der Waals surface area (Å²) in [6.07, 6.45) is 2.13. The Balaban J connectivity index is 1.81. The summed E-state index contributed by atoms with van der Waals surface area (Å²) in [5.74, 6) is 1.02. The van der Waals surface area contributed by atoms with Crippen LogP contribution in [0.25, 0.3) is 11.1 Å². The molecule has 0 saturated carbocycles. The predicted molar refractivity (Wildman–Crippen MR) is 88.1 cm³/mol. The largest absolute Gasteiger partial charge is 0.493 e. The molecule has 0 bridgehead atoms. The lowest BCUT2D eigenvalue weighted by molar-refractivity contribution is 0.357. The molecular formula is C18H20ClNO. The van der Waals surface area contributed by atoms with Crippen molar-refractivity contribution in [3.63, 3.8) is 0 Å². The van der Waals surface area contributed by atoms with Crippen molar-refractivity contribution in [1.82, 2.24) is 5.32 Å². The van der Waals surface area contributed by atoms with Crippen molar-refractivity contribution in [2.45, 2.75) is 26.3 Å². The van der Waals surface area contributed by atoms with Crippen LogP contribution in [-0.4, -0.2) is 13.2 Å². The molecule has 2 aromatic carbocycles. The van der Waals surface area contributed by atoms with Crippen LogP contribution in [0.1, 0.15) is 24.5 Å². The van der Waals surface area contributed by atoms with E-state index in [0.29, 0.717) is 0 Å². The SMILES string of the molecule is CCCNCc1ccc(-c2ccc3c(c2)CCO3)cc1Cl. The van der Waals surface area contributed by atoms with E-state index in [1.165, 1.54) is 11.1 Å². The highest BCUT2D eigenvalue weighted by molar-refractivity contribution is 6.31. The molecule has 2 aromatic rings. The molecule has 0 atom stereocenters. The average Bonchev–Trinajstić information content (AvgIpc) is 2.96. The van der Waals surface area contributed by atoms with Gasteiger partial charge in [0.15, 0.2) is 0 Å². The molecule has 3 heteroatoms. The highest BCUT2D eigenvalue weighted by Crippen LogP contribution is 2.32. The maximum atomic E-state index is 6.41. The van der Waals surface area contributed by atoms with Gasteiger partial charge >= 0.3 is 0 Å². The zero-order valence-electron chi connectivity index (χ0n) is 12.3. The highest BCUT2D eigenvalue weighted by Gasteiger charge is 2.13. The third-order valence-corrected chi connectivity index (χ3v) is 4.17. The zero-order chi connectivity index (χ0) is 14.7. The van der Waals surface area contributed by atoms with E-state index in [4.69, 9.17) is 16.3 Å². The van der Waals surface area contributed by atoms with E-state index in [9.17, 15) is 0 Å². The van der Waals surface area contributed by atoms with E-state index in [-0.39, 0.29) is 0 Å². The fourth-order valence-electron chi connectivity index (χ4n) is 2.64. The number of halogens is 1. The van der Waals surface area contributed by atoms with E-state index in [1.807, 2.05) is 0 Å². The van der Waals surface area contributed by atoms with Gasteiger partial charge in [0.05, 0.1) is 6.61 Å². The van der Waals surface area contributed by atoms with Gasteiger partial charge in [0, 0.05) is 18.0 Å². The minimum absolute atomic E-state index is 0.793. The molecule has 1 aliphatic heterocycles. The standard InChI is InChI=1S/C18H20ClNO/c1-2-8-20-12-16-4-3-14(11-17(16)19)13-5-6-18-15(10-13)7-9-21-18/h3-6,10-11,20H,2,7-9,12H2,1H3. The smallest absolute Gasteiger partial charge is 0.122 e. The van der Waals surface area contributed by atoms with Crippen LogP contribution in [0.3, 0.4) is 0 Å². The van der Waals surface area contributed by atoms with E-state index in [0.717, 1.165) is 54.4 Å². The van der Waals surface area contributed by atoms with Crippen LogP contribution in [0, 0.1) is 0 Å². The van der Waals surface area contributed by atoms with Gasteiger partial charge in [0.2, 0.25) is 0 Å². The third-order valence-electron chi connectivity index (χ3n) is 3.82. The molecule has 0 unspecified atom stereocenters. The summed E-state index contributed by atoms with van der Waals surface area (Å²) in [4.78, 5) is 0. The van der Waals surface area contributed by atoms with Crippen LogP contribution in [0.4, 0.5) is 0 Å². The van der Waals surface area contributed by atoms with E-state index >= 15 is 0 Å². The molecule has 0 saturated heterocycles. The van der Waals surface area contributed by atoms with Crippen molar-refractivity contribution in [2.75, 3.05) is 13.2 Å². The lowest BCUT2D eigenvalue weighted by atomic mass is 10.0. The van der Waals surface area contributed by atoms with Gasteiger partial charge in [-0.15, -0.1) is 0 Å². The summed E-state index contributed by atoms with van der Waals surface area (Å²) < 4.78 is 5.55. The normalized spacial score (nSPS) is 13.0. The Kier molecular flexibility index (Phi) is 4.47. The van der Waals surface area contributed by atoms with Crippen molar-refractivity contribution in [2.24, 2.45) is 0 Å². The van der Waals surface area contributed by atoms with Crippen molar-refractivity contribution in [3.05, 3.63) is 52.5 Å². The predicted octanol–water partition coefficient (Wildman–Crippen LogP) is 4.44. The Morgan fingerprint density at radius 3 is 2.76 bits per heavy atom. The number of nitrogens with one attached hydrogen (secondary N) is 1. The Hall–Kier alpha value is -1.51. The summed E-state index contributed by atoms with van der Waals surface area (Å²) >= 11 is 6.41. The molecule has 0 aliphatic carbocycles. The van der Waals surface area contributed by atoms with Crippen LogP contribution in [0.5, 0.6) is 5.75 Å². The number of hydrogen-bond acceptors (Lipinski definition) is 2. The van der Waals surface area contributed by atoms with E-state index in [1.54, 1.807) is 0 Å². The summed E-state index contributed by atoms with van der Waals surface area (Å²) in [7, 11) is 0. The molecular weight excluding hydrogens is 282 g/mol. The summed E-state index contributed by atoms with van der Waals surface area (Å²) in [5, 5.41) is 4.21. The zero-order valence-corrected chi connectivity index (χ0v) is 13.0. The molecule has 0 amide bonds. The molecule has 110 valence electrons. The van der Waals surface area contributed by atoms with Crippen molar-refractivity contribution < 1.29 is 4.74 Å². The summed E-state index contributed by atoms with van der Waals surface area (Å²) in [6, 6.07) is 12.7. The highest BCUT2D eigenvalue weighted by atomic mass is 35.5. The minimum Gasteiger partial charge on any atom is -0.493 e. The maximum absolute atomic E-state index is 6.41. The molecule has 2 nitrogen and oxygen atoms in total. The molecule has 3 rings (SSSR count). The second-order valence-electron chi connectivity index (χ2n) is 5.40. The topological polar surface area (TPSA) is 21.3 Å². The Bertz CT molecular complexity index is 639.